The fraction of sp³-hybridized carbons (Fsp3) is 0.667. The maximum absolute atomic E-state index is 11.6. The van der Waals surface area contributed by atoms with Gasteiger partial charge < -0.3 is 39.7 Å². The lowest BCUT2D eigenvalue weighted by Gasteiger charge is -2.41. The molecule has 0 bridgehead atoms. The molecule has 0 aromatic carbocycles. The number of hydroxylamine groups is 2. The topological polar surface area (TPSA) is 178 Å². The first-order valence-corrected chi connectivity index (χ1v) is 6.97. The number of aliphatic hydroxyl groups excluding tert-OH is 3. The highest BCUT2D eigenvalue weighted by Crippen LogP contribution is 2.30. The lowest BCUT2D eigenvalue weighted by atomic mass is 9.98. The second-order valence-electron chi connectivity index (χ2n) is 5.10. The van der Waals surface area contributed by atoms with E-state index in [0.29, 0.717) is 0 Å². The molecule has 4 N–H and O–H groups in total. The SMILES string of the molecule is O=C(CCN([O-])O)O[C@H]1[C@H](O)[C@H](CO)O[C@H](n2ccc(=O)o2)[C@H]1O. The third-order valence-corrected chi connectivity index (χ3v) is 3.42. The Hall–Kier alpha value is -1.80. The third-order valence-electron chi connectivity index (χ3n) is 3.42. The van der Waals surface area contributed by atoms with Crippen LogP contribution in [0.2, 0.25) is 0 Å². The van der Waals surface area contributed by atoms with Gasteiger partial charge in [-0.1, -0.05) is 0 Å². The molecule has 0 saturated carbocycles. The van der Waals surface area contributed by atoms with E-state index in [1.165, 1.54) is 6.20 Å². The van der Waals surface area contributed by atoms with Crippen molar-refractivity contribution in [2.45, 2.75) is 37.1 Å². The van der Waals surface area contributed by atoms with Crippen molar-refractivity contribution in [3.05, 3.63) is 27.9 Å². The van der Waals surface area contributed by atoms with E-state index in [1.54, 1.807) is 0 Å². The van der Waals surface area contributed by atoms with E-state index in [4.69, 9.17) is 19.2 Å². The molecule has 1 saturated heterocycles. The van der Waals surface area contributed by atoms with Crippen LogP contribution in [-0.4, -0.2) is 74.0 Å². The van der Waals surface area contributed by atoms with E-state index >= 15 is 0 Å². The zero-order valence-corrected chi connectivity index (χ0v) is 12.3. The van der Waals surface area contributed by atoms with Gasteiger partial charge in [-0.25, -0.2) is 4.79 Å². The van der Waals surface area contributed by atoms with Crippen molar-refractivity contribution in [3.8, 4) is 0 Å². The van der Waals surface area contributed by atoms with Gasteiger partial charge in [0.05, 0.1) is 13.0 Å². The number of nitrogens with zero attached hydrogens (tertiary/aromatic N) is 2. The number of carbonyl (C=O) groups is 1. The summed E-state index contributed by atoms with van der Waals surface area (Å²) < 4.78 is 15.8. The summed E-state index contributed by atoms with van der Waals surface area (Å²) in [5.74, 6) is -0.973. The van der Waals surface area contributed by atoms with Crippen molar-refractivity contribution >= 4 is 5.97 Å². The minimum absolute atomic E-state index is 0.466. The molecule has 5 atom stereocenters. The zero-order valence-electron chi connectivity index (χ0n) is 12.3. The molecule has 24 heavy (non-hydrogen) atoms. The van der Waals surface area contributed by atoms with Crippen molar-refractivity contribution in [1.82, 2.24) is 9.97 Å². The molecule has 0 amide bonds. The molecule has 1 aromatic heterocycles. The average Bonchev–Trinajstić information content (AvgIpc) is 2.96. The van der Waals surface area contributed by atoms with Crippen LogP contribution < -0.4 is 5.63 Å². The summed E-state index contributed by atoms with van der Waals surface area (Å²) in [7, 11) is 0. The quantitative estimate of drug-likeness (QED) is 0.316. The molecule has 12 heteroatoms. The van der Waals surface area contributed by atoms with E-state index in [0.717, 1.165) is 10.8 Å². The van der Waals surface area contributed by atoms with Crippen molar-refractivity contribution in [3.63, 3.8) is 0 Å². The predicted octanol–water partition coefficient (Wildman–Crippen LogP) is -2.46. The Bertz CT molecular complexity index is 599. The Labute approximate surface area is 134 Å². The summed E-state index contributed by atoms with van der Waals surface area (Å²) in [6.07, 6.45) is -6.59. The highest BCUT2D eigenvalue weighted by Gasteiger charge is 2.48. The zero-order chi connectivity index (χ0) is 17.9. The Balaban J connectivity index is 2.14. The summed E-state index contributed by atoms with van der Waals surface area (Å²) in [6, 6.07) is 1.06. The maximum atomic E-state index is 11.6. The Morgan fingerprint density at radius 1 is 1.42 bits per heavy atom. The fourth-order valence-corrected chi connectivity index (χ4v) is 2.25. The van der Waals surface area contributed by atoms with Crippen molar-refractivity contribution in [2.75, 3.05) is 13.2 Å². The second kappa shape index (κ2) is 7.85. The lowest BCUT2D eigenvalue weighted by Crippen LogP contribution is -2.58. The van der Waals surface area contributed by atoms with Crippen LogP contribution in [0.4, 0.5) is 0 Å². The molecule has 1 fully saturated rings. The number of aromatic nitrogens is 1. The number of hydrogen-bond donors (Lipinski definition) is 4. The Morgan fingerprint density at radius 2 is 2.12 bits per heavy atom. The summed E-state index contributed by atoms with van der Waals surface area (Å²) in [4.78, 5) is 22.7. The van der Waals surface area contributed by atoms with Gasteiger partial charge in [0, 0.05) is 18.8 Å². The molecule has 136 valence electrons. The Morgan fingerprint density at radius 3 is 2.67 bits per heavy atom. The van der Waals surface area contributed by atoms with Crippen LogP contribution >= 0.6 is 0 Å². The molecule has 1 aliphatic heterocycles. The van der Waals surface area contributed by atoms with Crippen molar-refractivity contribution in [1.29, 1.82) is 0 Å². The monoisotopic (exact) mass is 349 g/mol. The van der Waals surface area contributed by atoms with Crippen LogP contribution in [0.3, 0.4) is 0 Å². The molecule has 1 aromatic rings. The molecule has 1 aliphatic rings. The number of aliphatic hydroxyl groups is 3. The minimum Gasteiger partial charge on any atom is -0.762 e. The molecule has 2 rings (SSSR count). The van der Waals surface area contributed by atoms with Crippen LogP contribution in [-0.2, 0) is 14.3 Å². The van der Waals surface area contributed by atoms with Gasteiger partial charge in [0.15, 0.2) is 12.3 Å². The number of rotatable bonds is 6. The molecule has 12 nitrogen and oxygen atoms in total. The van der Waals surface area contributed by atoms with Gasteiger partial charge in [-0.05, 0) is 0 Å². The van der Waals surface area contributed by atoms with Gasteiger partial charge in [-0.3, -0.25) is 10.0 Å². The summed E-state index contributed by atoms with van der Waals surface area (Å²) in [5.41, 5.74) is -0.718. The number of ether oxygens (including phenoxy) is 2. The van der Waals surface area contributed by atoms with Gasteiger partial charge in [0.1, 0.15) is 18.3 Å². The van der Waals surface area contributed by atoms with Gasteiger partial charge in [-0.2, -0.15) is 4.74 Å². The highest BCUT2D eigenvalue weighted by molar-refractivity contribution is 5.69. The summed E-state index contributed by atoms with van der Waals surface area (Å²) in [5, 5.41) is 47.9. The van der Waals surface area contributed by atoms with E-state index in [-0.39, 0.29) is 0 Å². The van der Waals surface area contributed by atoms with Crippen molar-refractivity contribution in [2.24, 2.45) is 0 Å². The lowest BCUT2D eigenvalue weighted by molar-refractivity contribution is -0.269. The van der Waals surface area contributed by atoms with E-state index in [9.17, 15) is 30.1 Å². The third kappa shape index (κ3) is 4.18. The smallest absolute Gasteiger partial charge is 0.357 e. The maximum Gasteiger partial charge on any atom is 0.357 e. The molecular weight excluding hydrogens is 332 g/mol. The summed E-state index contributed by atoms with van der Waals surface area (Å²) in [6.45, 7) is -1.22. The van der Waals surface area contributed by atoms with Gasteiger partial charge in [0.2, 0.25) is 0 Å². The first-order chi connectivity index (χ1) is 11.3. The largest absolute Gasteiger partial charge is 0.762 e. The van der Waals surface area contributed by atoms with Crippen LogP contribution in [0, 0.1) is 5.21 Å². The molecule has 0 aliphatic carbocycles. The van der Waals surface area contributed by atoms with Gasteiger partial charge in [0.25, 0.3) is 0 Å². The molecule has 0 radical (unpaired) electrons. The highest BCUT2D eigenvalue weighted by atomic mass is 16.8. The molecular formula is C12H17N2O10-. The van der Waals surface area contributed by atoms with Crippen LogP contribution in [0.15, 0.2) is 21.6 Å². The molecule has 0 spiro atoms. The molecule has 0 unspecified atom stereocenters. The average molecular weight is 349 g/mol. The summed E-state index contributed by atoms with van der Waals surface area (Å²) >= 11 is 0. The van der Waals surface area contributed by atoms with Gasteiger partial charge in [-0.15, -0.1) is 0 Å². The molecule has 2 heterocycles. The normalized spacial score (nSPS) is 30.5. The first kappa shape index (κ1) is 18.5. The second-order valence-corrected chi connectivity index (χ2v) is 5.10. The van der Waals surface area contributed by atoms with E-state index in [2.05, 4.69) is 0 Å². The fourth-order valence-electron chi connectivity index (χ4n) is 2.25. The minimum atomic E-state index is -1.63. The first-order valence-electron chi connectivity index (χ1n) is 6.97. The Kier molecular flexibility index (Phi) is 6.06. The standard InChI is InChI=1S/C12H17N2O10/c15-5-6-9(18)11(23-7(16)2-4-14(20)21)10(19)12(22-6)13-3-1-8(17)24-13/h1,3,6,9-12,15,18-20H,2,4-5H2/q-1/t6-,9+,10-,11-,12-/m0/s1. The number of carbonyl (C=O) groups excluding carboxylic acids is 1. The van der Waals surface area contributed by atoms with Gasteiger partial charge >= 0.3 is 11.6 Å². The van der Waals surface area contributed by atoms with Crippen LogP contribution in [0.1, 0.15) is 12.6 Å². The number of hydrogen-bond acceptors (Lipinski definition) is 11. The van der Waals surface area contributed by atoms with Crippen molar-refractivity contribution < 1.29 is 39.3 Å². The van der Waals surface area contributed by atoms with Crippen LogP contribution in [0.5, 0.6) is 0 Å². The number of esters is 1. The predicted molar refractivity (Wildman–Crippen MR) is 72.3 cm³/mol. The van der Waals surface area contributed by atoms with Crippen LogP contribution in [0.25, 0.3) is 0 Å². The van der Waals surface area contributed by atoms with E-state index < -0.39 is 67.0 Å². The van der Waals surface area contributed by atoms with E-state index in [1.807, 2.05) is 0 Å².